The minimum Gasteiger partial charge on any atom is -0.496 e. The molecule has 0 unspecified atom stereocenters. The average molecular weight is 389 g/mol. The molecule has 28 heavy (non-hydrogen) atoms. The third kappa shape index (κ3) is 4.42. The average Bonchev–Trinajstić information content (AvgIpc) is 2.75. The first-order valence-corrected chi connectivity index (χ1v) is 8.76. The van der Waals surface area contributed by atoms with Gasteiger partial charge in [0.15, 0.2) is 11.5 Å². The van der Waals surface area contributed by atoms with Gasteiger partial charge >= 0.3 is 0 Å². The van der Waals surface area contributed by atoms with Crippen molar-refractivity contribution in [3.05, 3.63) is 41.5 Å². The Kier molecular flexibility index (Phi) is 7.37. The molecule has 0 saturated heterocycles. The van der Waals surface area contributed by atoms with Gasteiger partial charge in [0, 0.05) is 13.6 Å². The Bertz CT molecular complexity index is 773. The van der Waals surface area contributed by atoms with Crippen LogP contribution in [0.1, 0.15) is 15.9 Å². The number of ether oxygens (including phenoxy) is 5. The van der Waals surface area contributed by atoms with Gasteiger partial charge in [-0.3, -0.25) is 4.79 Å². The summed E-state index contributed by atoms with van der Waals surface area (Å²) in [6.07, 6.45) is 0.608. The predicted octanol–water partition coefficient (Wildman–Crippen LogP) is 3.04. The summed E-state index contributed by atoms with van der Waals surface area (Å²) < 4.78 is 26.8. The molecule has 0 radical (unpaired) electrons. The maximum atomic E-state index is 13.0. The zero-order valence-corrected chi connectivity index (χ0v) is 17.2. The van der Waals surface area contributed by atoms with Gasteiger partial charge in [-0.2, -0.15) is 0 Å². The molecule has 2 rings (SSSR count). The Hall–Kier alpha value is -3.09. The molecule has 0 aliphatic heterocycles. The molecule has 2 aromatic carbocycles. The van der Waals surface area contributed by atoms with Gasteiger partial charge in [-0.15, -0.1) is 0 Å². The topological polar surface area (TPSA) is 66.5 Å². The summed E-state index contributed by atoms with van der Waals surface area (Å²) >= 11 is 0. The lowest BCUT2D eigenvalue weighted by Crippen LogP contribution is -2.29. The number of methoxy groups -OCH3 is 5. The Balaban J connectivity index is 2.21. The van der Waals surface area contributed by atoms with Crippen LogP contribution in [-0.4, -0.2) is 59.9 Å². The van der Waals surface area contributed by atoms with Crippen LogP contribution >= 0.6 is 0 Å². The van der Waals surface area contributed by atoms with Crippen LogP contribution in [0.4, 0.5) is 0 Å². The number of carbonyl (C=O) groups is 1. The SMILES string of the molecule is COc1cc(CCN(C)C(=O)c2c(OC)cccc2OC)cc(OC)c1OC. The van der Waals surface area contributed by atoms with Gasteiger partial charge in [0.1, 0.15) is 17.1 Å². The maximum absolute atomic E-state index is 13.0. The lowest BCUT2D eigenvalue weighted by Gasteiger charge is -2.21. The van der Waals surface area contributed by atoms with Gasteiger partial charge in [-0.1, -0.05) is 6.07 Å². The first-order chi connectivity index (χ1) is 13.5. The van der Waals surface area contributed by atoms with E-state index < -0.39 is 0 Å². The zero-order chi connectivity index (χ0) is 20.7. The van der Waals surface area contributed by atoms with Gasteiger partial charge in [0.2, 0.25) is 5.75 Å². The summed E-state index contributed by atoms with van der Waals surface area (Å²) in [5.74, 6) is 2.47. The Labute approximate surface area is 165 Å². The second-order valence-corrected chi connectivity index (χ2v) is 6.05. The normalized spacial score (nSPS) is 10.2. The second kappa shape index (κ2) is 9.73. The van der Waals surface area contributed by atoms with E-state index in [0.29, 0.717) is 47.3 Å². The van der Waals surface area contributed by atoms with Crippen molar-refractivity contribution < 1.29 is 28.5 Å². The highest BCUT2D eigenvalue weighted by molar-refractivity contribution is 5.99. The number of carbonyl (C=O) groups excluding carboxylic acids is 1. The molecule has 0 saturated carbocycles. The number of rotatable bonds is 9. The van der Waals surface area contributed by atoms with Crippen molar-refractivity contribution in [2.24, 2.45) is 0 Å². The van der Waals surface area contributed by atoms with Crippen molar-refractivity contribution in [2.75, 3.05) is 49.1 Å². The molecule has 7 heteroatoms. The van der Waals surface area contributed by atoms with E-state index in [1.54, 1.807) is 51.5 Å². The van der Waals surface area contributed by atoms with E-state index in [-0.39, 0.29) is 5.91 Å². The lowest BCUT2D eigenvalue weighted by atomic mass is 10.1. The molecule has 0 aliphatic rings. The summed E-state index contributed by atoms with van der Waals surface area (Å²) in [5, 5.41) is 0. The summed E-state index contributed by atoms with van der Waals surface area (Å²) in [5.41, 5.74) is 1.36. The van der Waals surface area contributed by atoms with E-state index in [9.17, 15) is 4.79 Å². The van der Waals surface area contributed by atoms with Crippen LogP contribution in [0.2, 0.25) is 0 Å². The Morgan fingerprint density at radius 2 is 1.32 bits per heavy atom. The number of hydrogen-bond acceptors (Lipinski definition) is 6. The number of nitrogens with zero attached hydrogens (tertiary/aromatic N) is 1. The van der Waals surface area contributed by atoms with Crippen LogP contribution in [0, 0.1) is 0 Å². The first kappa shape index (κ1) is 21.2. The minimum atomic E-state index is -0.179. The highest BCUT2D eigenvalue weighted by atomic mass is 16.5. The van der Waals surface area contributed by atoms with Crippen molar-refractivity contribution in [3.63, 3.8) is 0 Å². The molecule has 2 aromatic rings. The van der Waals surface area contributed by atoms with Gasteiger partial charge in [-0.05, 0) is 36.2 Å². The van der Waals surface area contributed by atoms with Crippen LogP contribution in [0.5, 0.6) is 28.7 Å². The highest BCUT2D eigenvalue weighted by Gasteiger charge is 2.22. The van der Waals surface area contributed by atoms with E-state index in [1.807, 2.05) is 12.1 Å². The van der Waals surface area contributed by atoms with E-state index >= 15 is 0 Å². The number of likely N-dealkylation sites (N-methyl/N-ethyl adjacent to an activating group) is 1. The minimum absolute atomic E-state index is 0.179. The first-order valence-electron chi connectivity index (χ1n) is 8.76. The second-order valence-electron chi connectivity index (χ2n) is 6.05. The highest BCUT2D eigenvalue weighted by Crippen LogP contribution is 2.38. The molecule has 0 aromatic heterocycles. The molecular weight excluding hydrogens is 362 g/mol. The summed E-state index contributed by atoms with van der Waals surface area (Å²) in [4.78, 5) is 14.6. The van der Waals surface area contributed by atoms with Crippen LogP contribution in [0.25, 0.3) is 0 Å². The van der Waals surface area contributed by atoms with Crippen molar-refractivity contribution in [1.29, 1.82) is 0 Å². The maximum Gasteiger partial charge on any atom is 0.261 e. The number of amides is 1. The third-order valence-corrected chi connectivity index (χ3v) is 4.45. The fourth-order valence-corrected chi connectivity index (χ4v) is 2.93. The molecule has 0 atom stereocenters. The summed E-state index contributed by atoms with van der Waals surface area (Å²) in [6.45, 7) is 0.485. The van der Waals surface area contributed by atoms with E-state index in [4.69, 9.17) is 23.7 Å². The Morgan fingerprint density at radius 3 is 1.75 bits per heavy atom. The smallest absolute Gasteiger partial charge is 0.261 e. The molecule has 0 aliphatic carbocycles. The largest absolute Gasteiger partial charge is 0.496 e. The lowest BCUT2D eigenvalue weighted by molar-refractivity contribution is 0.0789. The molecule has 0 spiro atoms. The predicted molar refractivity (Wildman–Crippen MR) is 106 cm³/mol. The van der Waals surface area contributed by atoms with Crippen LogP contribution < -0.4 is 23.7 Å². The molecule has 152 valence electrons. The molecule has 7 nitrogen and oxygen atoms in total. The monoisotopic (exact) mass is 389 g/mol. The molecular formula is C21H27NO6. The fourth-order valence-electron chi connectivity index (χ4n) is 2.93. The molecule has 1 amide bonds. The number of benzene rings is 2. The fraction of sp³-hybridized carbons (Fsp3) is 0.381. The molecule has 0 heterocycles. The van der Waals surface area contributed by atoms with Crippen LogP contribution in [0.3, 0.4) is 0 Å². The van der Waals surface area contributed by atoms with Gasteiger partial charge < -0.3 is 28.6 Å². The molecule has 0 fully saturated rings. The Morgan fingerprint density at radius 1 is 0.821 bits per heavy atom. The van der Waals surface area contributed by atoms with Gasteiger partial charge in [0.05, 0.1) is 35.5 Å². The van der Waals surface area contributed by atoms with Crippen molar-refractivity contribution >= 4 is 5.91 Å². The standard InChI is InChI=1S/C21H27NO6/c1-22(21(23)19-15(24-2)8-7-9-16(19)25-3)11-10-14-12-17(26-4)20(28-6)18(13-14)27-5/h7-9,12-13H,10-11H2,1-6H3. The summed E-state index contributed by atoms with van der Waals surface area (Å²) in [7, 11) is 9.51. The quantitative estimate of drug-likeness (QED) is 0.657. The van der Waals surface area contributed by atoms with Crippen molar-refractivity contribution in [2.45, 2.75) is 6.42 Å². The van der Waals surface area contributed by atoms with E-state index in [2.05, 4.69) is 0 Å². The van der Waals surface area contributed by atoms with Gasteiger partial charge in [0.25, 0.3) is 5.91 Å². The molecule has 0 N–H and O–H groups in total. The van der Waals surface area contributed by atoms with E-state index in [0.717, 1.165) is 5.56 Å². The zero-order valence-electron chi connectivity index (χ0n) is 17.2. The van der Waals surface area contributed by atoms with Gasteiger partial charge in [-0.25, -0.2) is 0 Å². The van der Waals surface area contributed by atoms with Crippen molar-refractivity contribution in [3.8, 4) is 28.7 Å². The third-order valence-electron chi connectivity index (χ3n) is 4.45. The van der Waals surface area contributed by atoms with Crippen molar-refractivity contribution in [1.82, 2.24) is 4.90 Å². The van der Waals surface area contributed by atoms with Crippen LogP contribution in [-0.2, 0) is 6.42 Å². The van der Waals surface area contributed by atoms with E-state index in [1.165, 1.54) is 14.2 Å². The summed E-state index contributed by atoms with van der Waals surface area (Å²) in [6, 6.07) is 9.02. The van der Waals surface area contributed by atoms with Crippen LogP contribution in [0.15, 0.2) is 30.3 Å². The molecule has 0 bridgehead atoms. The number of hydrogen-bond donors (Lipinski definition) is 0.